The average Bonchev–Trinajstić information content (AvgIpc) is 2.48. The molecule has 1 aliphatic rings. The summed E-state index contributed by atoms with van der Waals surface area (Å²) in [5.41, 5.74) is 6.33. The number of sulfonamides is 1. The van der Waals surface area contributed by atoms with Crippen LogP contribution < -0.4 is 10.5 Å². The second-order valence-electron chi connectivity index (χ2n) is 4.70. The van der Waals surface area contributed by atoms with Crippen LogP contribution in [0.5, 0.6) is 0 Å². The maximum atomic E-state index is 12.1. The van der Waals surface area contributed by atoms with Gasteiger partial charge < -0.3 is 10.5 Å². The Labute approximate surface area is 120 Å². The van der Waals surface area contributed by atoms with Crippen molar-refractivity contribution in [1.29, 1.82) is 0 Å². The summed E-state index contributed by atoms with van der Waals surface area (Å²) in [7, 11) is -3.46. The summed E-state index contributed by atoms with van der Waals surface area (Å²) < 4.78 is 32.2. The van der Waals surface area contributed by atoms with Crippen molar-refractivity contribution in [2.24, 2.45) is 5.73 Å². The summed E-state index contributed by atoms with van der Waals surface area (Å²) in [4.78, 5) is 2.45. The van der Waals surface area contributed by atoms with Gasteiger partial charge in [0.25, 0.3) is 0 Å². The van der Waals surface area contributed by atoms with Crippen LogP contribution in [0.3, 0.4) is 0 Å². The maximum Gasteiger partial charge on any atom is 0.240 e. The van der Waals surface area contributed by atoms with Crippen molar-refractivity contribution in [2.45, 2.75) is 11.4 Å². The van der Waals surface area contributed by atoms with Gasteiger partial charge in [-0.05, 0) is 17.7 Å². The van der Waals surface area contributed by atoms with Crippen molar-refractivity contribution in [1.82, 2.24) is 9.62 Å². The molecule has 1 fully saturated rings. The summed E-state index contributed by atoms with van der Waals surface area (Å²) in [5, 5.41) is 0. The van der Waals surface area contributed by atoms with Gasteiger partial charge in [-0.25, -0.2) is 13.1 Å². The summed E-state index contributed by atoms with van der Waals surface area (Å²) in [6.45, 7) is 4.55. The first kappa shape index (κ1) is 15.4. The predicted molar refractivity (Wildman–Crippen MR) is 76.8 cm³/mol. The van der Waals surface area contributed by atoms with E-state index in [9.17, 15) is 8.42 Å². The number of hydrogen-bond donors (Lipinski definition) is 2. The molecule has 0 atom stereocenters. The van der Waals surface area contributed by atoms with Gasteiger partial charge >= 0.3 is 0 Å². The zero-order chi connectivity index (χ0) is 14.4. The first-order valence-electron chi connectivity index (χ1n) is 6.70. The Morgan fingerprint density at radius 1 is 1.30 bits per heavy atom. The largest absolute Gasteiger partial charge is 0.379 e. The van der Waals surface area contributed by atoms with Gasteiger partial charge in [0.2, 0.25) is 10.0 Å². The molecule has 0 amide bonds. The lowest BCUT2D eigenvalue weighted by Crippen LogP contribution is -2.41. The molecular weight excluding hydrogens is 278 g/mol. The van der Waals surface area contributed by atoms with E-state index in [1.807, 2.05) is 6.07 Å². The van der Waals surface area contributed by atoms with Crippen LogP contribution in [-0.4, -0.2) is 52.7 Å². The van der Waals surface area contributed by atoms with Gasteiger partial charge in [-0.15, -0.1) is 0 Å². The molecule has 1 aromatic rings. The zero-order valence-electron chi connectivity index (χ0n) is 11.4. The lowest BCUT2D eigenvalue weighted by molar-refractivity contribution is 0.0390. The van der Waals surface area contributed by atoms with Gasteiger partial charge in [-0.2, -0.15) is 0 Å². The molecule has 2 rings (SSSR count). The van der Waals surface area contributed by atoms with Gasteiger partial charge in [0.1, 0.15) is 0 Å². The minimum Gasteiger partial charge on any atom is -0.379 e. The fourth-order valence-corrected chi connectivity index (χ4v) is 3.18. The molecule has 7 heteroatoms. The Morgan fingerprint density at radius 2 is 2.05 bits per heavy atom. The number of nitrogens with zero attached hydrogens (tertiary/aromatic N) is 1. The summed E-state index contributed by atoms with van der Waals surface area (Å²) in [6.07, 6.45) is 0. The molecule has 0 aromatic heterocycles. The first-order valence-corrected chi connectivity index (χ1v) is 8.19. The van der Waals surface area contributed by atoms with Gasteiger partial charge in [0.15, 0.2) is 0 Å². The van der Waals surface area contributed by atoms with E-state index in [0.717, 1.165) is 18.7 Å². The molecule has 1 aliphatic heterocycles. The topological polar surface area (TPSA) is 84.7 Å². The standard InChI is InChI=1S/C13H21N3O3S/c14-11-12-2-1-3-13(10-12)20(17,18)15-4-5-16-6-8-19-9-7-16/h1-3,10,15H,4-9,11,14H2. The fraction of sp³-hybridized carbons (Fsp3) is 0.538. The second kappa shape index (κ2) is 7.14. The fourth-order valence-electron chi connectivity index (χ4n) is 2.09. The van der Waals surface area contributed by atoms with Crippen LogP contribution in [0.4, 0.5) is 0 Å². The minimum absolute atomic E-state index is 0.266. The van der Waals surface area contributed by atoms with Crippen molar-refractivity contribution in [3.8, 4) is 0 Å². The van der Waals surface area contributed by atoms with Crippen LogP contribution in [0.15, 0.2) is 29.2 Å². The molecule has 0 aliphatic carbocycles. The monoisotopic (exact) mass is 299 g/mol. The third-order valence-corrected chi connectivity index (χ3v) is 4.73. The number of ether oxygens (including phenoxy) is 1. The normalized spacial score (nSPS) is 17.2. The van der Waals surface area contributed by atoms with Crippen LogP contribution in [-0.2, 0) is 21.3 Å². The van der Waals surface area contributed by atoms with E-state index in [0.29, 0.717) is 32.8 Å². The molecule has 0 spiro atoms. The van der Waals surface area contributed by atoms with E-state index in [1.54, 1.807) is 18.2 Å². The van der Waals surface area contributed by atoms with Gasteiger partial charge in [-0.3, -0.25) is 4.90 Å². The molecule has 1 saturated heterocycles. The molecule has 3 N–H and O–H groups in total. The van der Waals surface area contributed by atoms with Crippen molar-refractivity contribution >= 4 is 10.0 Å². The molecule has 0 unspecified atom stereocenters. The molecule has 0 radical (unpaired) electrons. The van der Waals surface area contributed by atoms with Gasteiger partial charge in [0.05, 0.1) is 18.1 Å². The lowest BCUT2D eigenvalue weighted by Gasteiger charge is -2.26. The van der Waals surface area contributed by atoms with E-state index < -0.39 is 10.0 Å². The van der Waals surface area contributed by atoms with Gasteiger partial charge in [0, 0.05) is 32.7 Å². The Hall–Kier alpha value is -0.990. The van der Waals surface area contributed by atoms with E-state index in [2.05, 4.69) is 9.62 Å². The predicted octanol–water partition coefficient (Wildman–Crippen LogP) is -0.244. The Morgan fingerprint density at radius 3 is 2.75 bits per heavy atom. The van der Waals surface area contributed by atoms with E-state index in [1.165, 1.54) is 0 Å². The highest BCUT2D eigenvalue weighted by atomic mass is 32.2. The number of nitrogens with one attached hydrogen (secondary N) is 1. The summed E-state index contributed by atoms with van der Waals surface area (Å²) in [6, 6.07) is 6.71. The summed E-state index contributed by atoms with van der Waals surface area (Å²) >= 11 is 0. The quantitative estimate of drug-likeness (QED) is 0.757. The van der Waals surface area contributed by atoms with Crippen LogP contribution >= 0.6 is 0 Å². The van der Waals surface area contributed by atoms with Crippen LogP contribution in [0, 0.1) is 0 Å². The molecule has 6 nitrogen and oxygen atoms in total. The molecule has 112 valence electrons. The lowest BCUT2D eigenvalue weighted by atomic mass is 10.2. The maximum absolute atomic E-state index is 12.1. The zero-order valence-corrected chi connectivity index (χ0v) is 12.2. The minimum atomic E-state index is -3.46. The molecule has 20 heavy (non-hydrogen) atoms. The Kier molecular flexibility index (Phi) is 5.50. The van der Waals surface area contributed by atoms with Crippen LogP contribution in [0.2, 0.25) is 0 Å². The Bertz CT molecular complexity index is 527. The van der Waals surface area contributed by atoms with Crippen LogP contribution in [0.25, 0.3) is 0 Å². The number of hydrogen-bond acceptors (Lipinski definition) is 5. The van der Waals surface area contributed by atoms with Gasteiger partial charge in [-0.1, -0.05) is 12.1 Å². The molecule has 1 aromatic carbocycles. The van der Waals surface area contributed by atoms with E-state index >= 15 is 0 Å². The number of benzene rings is 1. The van der Waals surface area contributed by atoms with E-state index in [4.69, 9.17) is 10.5 Å². The van der Waals surface area contributed by atoms with Crippen molar-refractivity contribution < 1.29 is 13.2 Å². The highest BCUT2D eigenvalue weighted by molar-refractivity contribution is 7.89. The second-order valence-corrected chi connectivity index (χ2v) is 6.47. The summed E-state index contributed by atoms with van der Waals surface area (Å²) in [5.74, 6) is 0. The van der Waals surface area contributed by atoms with Crippen molar-refractivity contribution in [3.63, 3.8) is 0 Å². The molecule has 0 saturated carbocycles. The molecular formula is C13H21N3O3S. The smallest absolute Gasteiger partial charge is 0.240 e. The number of rotatable bonds is 6. The number of nitrogens with two attached hydrogens (primary N) is 1. The average molecular weight is 299 g/mol. The van der Waals surface area contributed by atoms with Crippen LogP contribution in [0.1, 0.15) is 5.56 Å². The first-order chi connectivity index (χ1) is 9.62. The van der Waals surface area contributed by atoms with Crippen molar-refractivity contribution in [2.75, 3.05) is 39.4 Å². The Balaban J connectivity index is 1.89. The SMILES string of the molecule is NCc1cccc(S(=O)(=O)NCCN2CCOCC2)c1. The molecule has 0 bridgehead atoms. The third kappa shape index (κ3) is 4.26. The highest BCUT2D eigenvalue weighted by Crippen LogP contribution is 2.10. The van der Waals surface area contributed by atoms with E-state index in [-0.39, 0.29) is 4.90 Å². The highest BCUT2D eigenvalue weighted by Gasteiger charge is 2.15. The molecule has 1 heterocycles. The third-order valence-electron chi connectivity index (χ3n) is 3.27. The number of morpholine rings is 1. The van der Waals surface area contributed by atoms with Crippen molar-refractivity contribution in [3.05, 3.63) is 29.8 Å².